The second kappa shape index (κ2) is 5.35. The van der Waals surface area contributed by atoms with Crippen molar-refractivity contribution in [3.63, 3.8) is 0 Å². The number of fused-ring (bicyclic) bond motifs is 1. The van der Waals surface area contributed by atoms with Gasteiger partial charge in [-0.25, -0.2) is 8.42 Å². The molecule has 3 aliphatic rings. The van der Waals surface area contributed by atoms with Gasteiger partial charge >= 0.3 is 0 Å². The van der Waals surface area contributed by atoms with Crippen LogP contribution in [0.15, 0.2) is 0 Å². The fourth-order valence-corrected chi connectivity index (χ4v) is 4.26. The second-order valence-electron chi connectivity index (χ2n) is 7.20. The molecule has 1 N–H and O–H groups in total. The molecule has 136 valence electrons. The highest BCUT2D eigenvalue weighted by Crippen LogP contribution is 2.46. The summed E-state index contributed by atoms with van der Waals surface area (Å²) >= 11 is 0. The van der Waals surface area contributed by atoms with Crippen molar-refractivity contribution in [3.05, 3.63) is 0 Å². The van der Waals surface area contributed by atoms with Gasteiger partial charge in [0.2, 0.25) is 10.0 Å². The van der Waals surface area contributed by atoms with Crippen molar-refractivity contribution in [1.29, 1.82) is 5.26 Å². The molecule has 24 heavy (non-hydrogen) atoms. The first-order valence-electron chi connectivity index (χ1n) is 7.61. The maximum Gasteiger partial charge on any atom is 0.210 e. The van der Waals surface area contributed by atoms with Gasteiger partial charge in [-0.05, 0) is 27.7 Å². The van der Waals surface area contributed by atoms with Gasteiger partial charge in [0, 0.05) is 0 Å². The van der Waals surface area contributed by atoms with Crippen molar-refractivity contribution >= 4 is 10.0 Å². The van der Waals surface area contributed by atoms with Gasteiger partial charge in [0.15, 0.2) is 23.4 Å². The normalized spacial score (nSPS) is 43.5. The molecule has 0 unspecified atom stereocenters. The van der Waals surface area contributed by atoms with E-state index in [1.54, 1.807) is 27.7 Å². The van der Waals surface area contributed by atoms with Crippen LogP contribution in [0.5, 0.6) is 0 Å². The third kappa shape index (κ3) is 3.06. The molecule has 5 atom stereocenters. The molecule has 0 aliphatic carbocycles. The molecule has 0 aromatic carbocycles. The van der Waals surface area contributed by atoms with Crippen LogP contribution in [-0.2, 0) is 33.7 Å². The maximum atomic E-state index is 11.9. The highest BCUT2D eigenvalue weighted by atomic mass is 32.2. The summed E-state index contributed by atoms with van der Waals surface area (Å²) in [5, 5.41) is 9.87. The molecule has 0 aromatic rings. The van der Waals surface area contributed by atoms with Crippen LogP contribution in [0.3, 0.4) is 0 Å². The molecule has 0 bridgehead atoms. The van der Waals surface area contributed by atoms with E-state index >= 15 is 0 Å². The Morgan fingerprint density at radius 1 is 1.08 bits per heavy atom. The Balaban J connectivity index is 1.98. The van der Waals surface area contributed by atoms with E-state index in [-0.39, 0.29) is 6.61 Å². The average Bonchev–Trinajstić information content (AvgIpc) is 2.99. The van der Waals surface area contributed by atoms with Gasteiger partial charge in [-0.1, -0.05) is 0 Å². The molecule has 3 rings (SSSR count). The van der Waals surface area contributed by atoms with Crippen molar-refractivity contribution in [2.45, 2.75) is 69.4 Å². The summed E-state index contributed by atoms with van der Waals surface area (Å²) in [6.45, 7) is 6.97. The van der Waals surface area contributed by atoms with Gasteiger partial charge in [-0.3, -0.25) is 0 Å². The third-order valence-corrected chi connectivity index (χ3v) is 4.85. The van der Waals surface area contributed by atoms with Crippen LogP contribution < -0.4 is 4.72 Å². The summed E-state index contributed by atoms with van der Waals surface area (Å²) in [6, 6.07) is 2.04. The standard InChI is InChI=1S/C14H22N2O7S/c1-12(2)19-6-8(21-12)9-14(7-15,16-24(5,17)18)10-11(20-9)23-13(3,4)22-10/h8-11,16H,6H2,1-5H3/t8-,9-,10+,11-,14-/m1/s1. The highest BCUT2D eigenvalue weighted by molar-refractivity contribution is 7.88. The monoisotopic (exact) mass is 362 g/mol. The fourth-order valence-electron chi connectivity index (χ4n) is 3.37. The lowest BCUT2D eigenvalue weighted by molar-refractivity contribution is -0.226. The molecule has 0 spiro atoms. The molecule has 3 fully saturated rings. The van der Waals surface area contributed by atoms with Crippen LogP contribution in [0.25, 0.3) is 0 Å². The zero-order valence-corrected chi connectivity index (χ0v) is 15.0. The third-order valence-electron chi connectivity index (χ3n) is 4.14. The van der Waals surface area contributed by atoms with Gasteiger partial charge < -0.3 is 23.7 Å². The summed E-state index contributed by atoms with van der Waals surface area (Å²) in [7, 11) is -3.73. The summed E-state index contributed by atoms with van der Waals surface area (Å²) in [6.07, 6.45) is -2.41. The first-order valence-corrected chi connectivity index (χ1v) is 9.50. The van der Waals surface area contributed by atoms with Crippen molar-refractivity contribution in [3.8, 4) is 6.07 Å². The van der Waals surface area contributed by atoms with Crippen molar-refractivity contribution in [2.75, 3.05) is 12.9 Å². The predicted octanol–water partition coefficient (Wildman–Crippen LogP) is -0.174. The van der Waals surface area contributed by atoms with E-state index in [0.717, 1.165) is 6.26 Å². The Hall–Kier alpha value is -0.800. The Labute approximate surface area is 141 Å². The summed E-state index contributed by atoms with van der Waals surface area (Å²) in [5.74, 6) is -1.84. The first-order chi connectivity index (χ1) is 10.9. The minimum Gasteiger partial charge on any atom is -0.348 e. The summed E-state index contributed by atoms with van der Waals surface area (Å²) in [5.41, 5.74) is -1.68. The van der Waals surface area contributed by atoms with E-state index < -0.39 is 51.7 Å². The molecule has 3 aliphatic heterocycles. The van der Waals surface area contributed by atoms with Gasteiger partial charge in [0.25, 0.3) is 0 Å². The molecule has 0 aromatic heterocycles. The molecule has 0 saturated carbocycles. The van der Waals surface area contributed by atoms with Crippen LogP contribution in [0.2, 0.25) is 0 Å². The number of nitrogens with one attached hydrogen (secondary N) is 1. The lowest BCUT2D eigenvalue weighted by atomic mass is 9.88. The van der Waals surface area contributed by atoms with E-state index in [1.807, 2.05) is 6.07 Å². The number of ether oxygens (including phenoxy) is 5. The lowest BCUT2D eigenvalue weighted by Crippen LogP contribution is -2.63. The van der Waals surface area contributed by atoms with Crippen LogP contribution in [0.4, 0.5) is 0 Å². The van der Waals surface area contributed by atoms with Crippen LogP contribution in [0.1, 0.15) is 27.7 Å². The van der Waals surface area contributed by atoms with Crippen molar-refractivity contribution in [1.82, 2.24) is 4.72 Å². The quantitative estimate of drug-likeness (QED) is 0.735. The Morgan fingerprint density at radius 2 is 1.75 bits per heavy atom. The van der Waals surface area contributed by atoms with Crippen molar-refractivity contribution in [2.24, 2.45) is 0 Å². The number of hydrogen-bond donors (Lipinski definition) is 1. The molecular weight excluding hydrogens is 340 g/mol. The minimum absolute atomic E-state index is 0.162. The number of rotatable bonds is 3. The Bertz CT molecular complexity index is 671. The number of nitrogens with zero attached hydrogens (tertiary/aromatic N) is 1. The van der Waals surface area contributed by atoms with E-state index in [9.17, 15) is 13.7 Å². The molecule has 9 nitrogen and oxygen atoms in total. The first kappa shape index (κ1) is 18.0. The van der Waals surface area contributed by atoms with Gasteiger partial charge in [0.1, 0.15) is 18.3 Å². The van der Waals surface area contributed by atoms with E-state index in [0.29, 0.717) is 0 Å². The Morgan fingerprint density at radius 3 is 2.25 bits per heavy atom. The highest BCUT2D eigenvalue weighted by Gasteiger charge is 2.68. The predicted molar refractivity (Wildman–Crippen MR) is 79.9 cm³/mol. The topological polar surface area (TPSA) is 116 Å². The van der Waals surface area contributed by atoms with Crippen molar-refractivity contribution < 1.29 is 32.1 Å². The van der Waals surface area contributed by atoms with E-state index in [1.165, 1.54) is 0 Å². The van der Waals surface area contributed by atoms with Crippen LogP contribution >= 0.6 is 0 Å². The van der Waals surface area contributed by atoms with E-state index in [4.69, 9.17) is 23.7 Å². The number of sulfonamides is 1. The van der Waals surface area contributed by atoms with Crippen LogP contribution in [-0.4, -0.2) is 63.0 Å². The summed E-state index contributed by atoms with van der Waals surface area (Å²) in [4.78, 5) is 0. The fraction of sp³-hybridized carbons (Fsp3) is 0.929. The number of nitriles is 1. The maximum absolute atomic E-state index is 11.9. The zero-order chi connectivity index (χ0) is 18.0. The molecule has 10 heteroatoms. The van der Waals surface area contributed by atoms with Crippen LogP contribution in [0, 0.1) is 11.3 Å². The molecule has 3 saturated heterocycles. The Kier molecular flexibility index (Phi) is 4.01. The SMILES string of the molecule is CC1(C)OC[C@H]([C@H]2O[C@@H]3OC(C)(C)O[C@@H]3[C@]2(C#N)NS(C)(=O)=O)O1. The van der Waals surface area contributed by atoms with Gasteiger partial charge in [-0.2, -0.15) is 9.98 Å². The second-order valence-corrected chi connectivity index (χ2v) is 8.95. The molecular formula is C14H22N2O7S. The number of hydrogen-bond acceptors (Lipinski definition) is 8. The van der Waals surface area contributed by atoms with Gasteiger partial charge in [-0.15, -0.1) is 0 Å². The molecule has 0 amide bonds. The average molecular weight is 362 g/mol. The summed E-state index contributed by atoms with van der Waals surface area (Å²) < 4.78 is 54.8. The minimum atomic E-state index is -3.73. The van der Waals surface area contributed by atoms with E-state index in [2.05, 4.69) is 4.72 Å². The lowest BCUT2D eigenvalue weighted by Gasteiger charge is -2.34. The molecule has 0 radical (unpaired) electrons. The largest absolute Gasteiger partial charge is 0.348 e. The smallest absolute Gasteiger partial charge is 0.210 e. The zero-order valence-electron chi connectivity index (χ0n) is 14.2. The molecule has 3 heterocycles. The van der Waals surface area contributed by atoms with Gasteiger partial charge in [0.05, 0.1) is 18.9 Å².